The third-order valence-electron chi connectivity index (χ3n) is 2.24. The largest absolute Gasteiger partial charge is 0.353 e. The number of nitrogens with zero attached hydrogens (tertiary/aromatic N) is 3. The lowest BCUT2D eigenvalue weighted by Gasteiger charge is -2.06. The number of hydrogen-bond donors (Lipinski definition) is 0. The molecule has 2 rings (SSSR count). The van der Waals surface area contributed by atoms with E-state index in [0.717, 1.165) is 9.47 Å². The summed E-state index contributed by atoms with van der Waals surface area (Å²) >= 11 is 10.1. The van der Waals surface area contributed by atoms with Gasteiger partial charge in [-0.25, -0.2) is 0 Å². The zero-order valence-electron chi connectivity index (χ0n) is 10.6. The molecule has 1 unspecified atom stereocenters. The first-order valence-corrected chi connectivity index (χ1v) is 8.33. The second kappa shape index (κ2) is 6.21. The van der Waals surface area contributed by atoms with Crippen LogP contribution in [-0.2, 0) is 0 Å². The Morgan fingerprint density at radius 1 is 1.37 bits per heavy atom. The average molecular weight is 334 g/mol. The van der Waals surface area contributed by atoms with Gasteiger partial charge in [-0.1, -0.05) is 34.7 Å². The molecule has 0 aromatic carbocycles. The fraction of sp³-hybridized carbons (Fsp3) is 0.364. The van der Waals surface area contributed by atoms with Gasteiger partial charge in [-0.05, 0) is 19.1 Å². The van der Waals surface area contributed by atoms with Gasteiger partial charge in [0.05, 0.1) is 14.5 Å². The normalized spacial score (nSPS) is 12.4. The molecule has 0 aliphatic rings. The summed E-state index contributed by atoms with van der Waals surface area (Å²) in [4.78, 5) is 14.8. The van der Waals surface area contributed by atoms with E-state index in [1.165, 1.54) is 34.4 Å². The van der Waals surface area contributed by atoms with Crippen LogP contribution in [0.2, 0.25) is 4.34 Å². The van der Waals surface area contributed by atoms with Crippen LogP contribution >= 0.6 is 46.0 Å². The van der Waals surface area contributed by atoms with Crippen molar-refractivity contribution in [1.29, 1.82) is 0 Å². The lowest BCUT2D eigenvalue weighted by atomic mass is 10.2. The number of Topliss-reactive ketones (excluding diaryl/α,β-unsaturated/α-hetero) is 1. The summed E-state index contributed by atoms with van der Waals surface area (Å²) in [7, 11) is 3.83. The van der Waals surface area contributed by atoms with Gasteiger partial charge in [-0.3, -0.25) is 4.79 Å². The molecule has 2 aromatic rings. The molecule has 0 radical (unpaired) electrons. The Labute approximate surface area is 128 Å². The molecule has 2 heterocycles. The SMILES string of the molecule is CC(Sc1nnc(N(C)C)s1)C(=O)c1ccc(Cl)s1. The van der Waals surface area contributed by atoms with E-state index in [1.807, 2.05) is 25.9 Å². The van der Waals surface area contributed by atoms with Crippen molar-refractivity contribution in [2.75, 3.05) is 19.0 Å². The smallest absolute Gasteiger partial charge is 0.208 e. The summed E-state index contributed by atoms with van der Waals surface area (Å²) in [5, 5.41) is 8.76. The molecular formula is C11H12ClN3OS3. The van der Waals surface area contributed by atoms with Gasteiger partial charge in [0.25, 0.3) is 0 Å². The van der Waals surface area contributed by atoms with Crippen molar-refractivity contribution in [2.24, 2.45) is 0 Å². The highest BCUT2D eigenvalue weighted by Gasteiger charge is 2.20. The first-order chi connectivity index (χ1) is 8.97. The van der Waals surface area contributed by atoms with Gasteiger partial charge >= 0.3 is 0 Å². The number of halogens is 1. The Bertz CT molecular complexity index is 581. The van der Waals surface area contributed by atoms with Crippen molar-refractivity contribution >= 4 is 57.0 Å². The van der Waals surface area contributed by atoms with Crippen LogP contribution in [0, 0.1) is 0 Å². The van der Waals surface area contributed by atoms with E-state index >= 15 is 0 Å². The molecule has 0 fully saturated rings. The van der Waals surface area contributed by atoms with Gasteiger partial charge < -0.3 is 4.90 Å². The number of hydrogen-bond acceptors (Lipinski definition) is 7. The highest BCUT2D eigenvalue weighted by atomic mass is 35.5. The monoisotopic (exact) mass is 333 g/mol. The molecule has 0 bridgehead atoms. The quantitative estimate of drug-likeness (QED) is 0.617. The number of thiophene rings is 1. The van der Waals surface area contributed by atoms with E-state index < -0.39 is 0 Å². The summed E-state index contributed by atoms with van der Waals surface area (Å²) in [5.74, 6) is 0.0727. The van der Waals surface area contributed by atoms with E-state index in [2.05, 4.69) is 10.2 Å². The maximum atomic E-state index is 12.2. The first kappa shape index (κ1) is 14.8. The highest BCUT2D eigenvalue weighted by Crippen LogP contribution is 2.32. The van der Waals surface area contributed by atoms with Crippen molar-refractivity contribution in [1.82, 2.24) is 10.2 Å². The van der Waals surface area contributed by atoms with Gasteiger partial charge in [-0.2, -0.15) is 0 Å². The Hall–Kier alpha value is -0.630. The summed E-state index contributed by atoms with van der Waals surface area (Å²) < 4.78 is 1.43. The number of rotatable bonds is 5. The van der Waals surface area contributed by atoms with Crippen LogP contribution in [0.25, 0.3) is 0 Å². The second-order valence-electron chi connectivity index (χ2n) is 3.97. The van der Waals surface area contributed by atoms with E-state index in [9.17, 15) is 4.79 Å². The standard InChI is InChI=1S/C11H12ClN3OS3/c1-6(9(16)7-4-5-8(12)18-7)17-11-14-13-10(19-11)15(2)3/h4-6H,1-3H3. The number of ketones is 1. The van der Waals surface area contributed by atoms with Crippen molar-refractivity contribution in [2.45, 2.75) is 16.5 Å². The molecule has 0 saturated carbocycles. The molecule has 4 nitrogen and oxygen atoms in total. The number of carbonyl (C=O) groups excluding carboxylic acids is 1. The maximum absolute atomic E-state index is 12.2. The van der Waals surface area contributed by atoms with Crippen LogP contribution in [0.1, 0.15) is 16.6 Å². The molecule has 0 amide bonds. The van der Waals surface area contributed by atoms with Crippen LogP contribution in [0.3, 0.4) is 0 Å². The topological polar surface area (TPSA) is 46.1 Å². The van der Waals surface area contributed by atoms with Gasteiger partial charge in [0, 0.05) is 14.1 Å². The Kier molecular flexibility index (Phi) is 4.83. The Morgan fingerprint density at radius 2 is 2.11 bits per heavy atom. The number of carbonyl (C=O) groups is 1. The molecule has 0 aliphatic heterocycles. The molecule has 0 N–H and O–H groups in total. The zero-order valence-corrected chi connectivity index (χ0v) is 13.8. The van der Waals surface area contributed by atoms with Crippen molar-refractivity contribution in [3.8, 4) is 0 Å². The lowest BCUT2D eigenvalue weighted by molar-refractivity contribution is 0.0998. The van der Waals surface area contributed by atoms with E-state index in [1.54, 1.807) is 12.1 Å². The summed E-state index contributed by atoms with van der Waals surface area (Å²) in [6.07, 6.45) is 0. The lowest BCUT2D eigenvalue weighted by Crippen LogP contribution is -2.11. The Morgan fingerprint density at radius 3 is 2.63 bits per heavy atom. The Balaban J connectivity index is 2.03. The molecule has 2 aromatic heterocycles. The summed E-state index contributed by atoms with van der Waals surface area (Å²) in [6, 6.07) is 3.50. The van der Waals surface area contributed by atoms with Crippen LogP contribution < -0.4 is 4.90 Å². The number of anilines is 1. The molecule has 102 valence electrons. The molecule has 0 aliphatic carbocycles. The van der Waals surface area contributed by atoms with E-state index in [4.69, 9.17) is 11.6 Å². The minimum absolute atomic E-state index is 0.0727. The number of aromatic nitrogens is 2. The maximum Gasteiger partial charge on any atom is 0.208 e. The van der Waals surface area contributed by atoms with Crippen LogP contribution in [0.5, 0.6) is 0 Å². The van der Waals surface area contributed by atoms with E-state index in [0.29, 0.717) is 9.21 Å². The molecule has 0 saturated heterocycles. The molecule has 0 spiro atoms. The van der Waals surface area contributed by atoms with Crippen molar-refractivity contribution in [3.63, 3.8) is 0 Å². The fourth-order valence-corrected chi connectivity index (χ4v) is 4.40. The third kappa shape index (κ3) is 3.68. The van der Waals surface area contributed by atoms with Gasteiger partial charge in [-0.15, -0.1) is 21.5 Å². The zero-order chi connectivity index (χ0) is 14.0. The fourth-order valence-electron chi connectivity index (χ4n) is 1.28. The highest BCUT2D eigenvalue weighted by molar-refractivity contribution is 8.02. The van der Waals surface area contributed by atoms with Crippen LogP contribution in [-0.4, -0.2) is 35.3 Å². The minimum Gasteiger partial charge on any atom is -0.353 e. The van der Waals surface area contributed by atoms with Crippen LogP contribution in [0.4, 0.5) is 5.13 Å². The molecule has 19 heavy (non-hydrogen) atoms. The summed E-state index contributed by atoms with van der Waals surface area (Å²) in [6.45, 7) is 1.87. The first-order valence-electron chi connectivity index (χ1n) is 5.44. The van der Waals surface area contributed by atoms with Crippen LogP contribution in [0.15, 0.2) is 16.5 Å². The van der Waals surface area contributed by atoms with Crippen molar-refractivity contribution in [3.05, 3.63) is 21.3 Å². The van der Waals surface area contributed by atoms with Gasteiger partial charge in [0.15, 0.2) is 10.1 Å². The predicted molar refractivity (Wildman–Crippen MR) is 83.2 cm³/mol. The number of thioether (sulfide) groups is 1. The second-order valence-corrected chi connectivity index (χ2v) is 8.23. The molecular weight excluding hydrogens is 322 g/mol. The summed E-state index contributed by atoms with van der Waals surface area (Å²) in [5.41, 5.74) is 0. The van der Waals surface area contributed by atoms with E-state index in [-0.39, 0.29) is 11.0 Å². The van der Waals surface area contributed by atoms with Crippen molar-refractivity contribution < 1.29 is 4.79 Å². The average Bonchev–Trinajstić information content (AvgIpc) is 2.97. The van der Waals surface area contributed by atoms with Gasteiger partial charge in [0.1, 0.15) is 0 Å². The molecule has 8 heteroatoms. The molecule has 1 atom stereocenters. The van der Waals surface area contributed by atoms with Gasteiger partial charge in [0.2, 0.25) is 5.13 Å². The predicted octanol–water partition coefficient (Wildman–Crippen LogP) is 3.68. The third-order valence-corrected chi connectivity index (χ3v) is 5.76. The minimum atomic E-state index is -0.197.